The molecule has 21 heavy (non-hydrogen) atoms. The average Bonchev–Trinajstić information content (AvgIpc) is 2.51. The van der Waals surface area contributed by atoms with E-state index < -0.39 is 0 Å². The number of para-hydroxylation sites is 1. The third kappa shape index (κ3) is 4.08. The molecule has 0 heterocycles. The van der Waals surface area contributed by atoms with Gasteiger partial charge >= 0.3 is 0 Å². The van der Waals surface area contributed by atoms with E-state index in [-0.39, 0.29) is 0 Å². The summed E-state index contributed by atoms with van der Waals surface area (Å²) in [4.78, 5) is 2.38. The Morgan fingerprint density at radius 2 is 1.67 bits per heavy atom. The molecule has 112 valence electrons. The molecule has 0 amide bonds. The Hall–Kier alpha value is -1.80. The smallest absolute Gasteiger partial charge is 0.0456 e. The van der Waals surface area contributed by atoms with Gasteiger partial charge in [0.25, 0.3) is 0 Å². The van der Waals surface area contributed by atoms with Gasteiger partial charge in [-0.1, -0.05) is 42.8 Å². The van der Waals surface area contributed by atoms with E-state index >= 15 is 0 Å². The second-order valence-corrected chi connectivity index (χ2v) is 5.39. The van der Waals surface area contributed by atoms with Crippen LogP contribution in [0, 0.1) is 6.92 Å². The van der Waals surface area contributed by atoms with E-state index in [1.165, 1.54) is 22.5 Å². The van der Waals surface area contributed by atoms with Gasteiger partial charge in [-0.15, -0.1) is 0 Å². The minimum Gasteiger partial charge on any atom is -0.342 e. The molecule has 0 aliphatic carbocycles. The highest BCUT2D eigenvalue weighted by molar-refractivity contribution is 5.66. The van der Waals surface area contributed by atoms with Crippen LogP contribution < -0.4 is 10.2 Å². The first kappa shape index (κ1) is 15.6. The standard InChI is InChI=1S/C19H26N2/c1-4-14-20-15-17-8-6-7-9-19(17)21(5-2)18-12-10-16(3)11-13-18/h6-13,20H,4-5,14-15H2,1-3H3. The molecule has 0 aliphatic rings. The molecule has 0 atom stereocenters. The summed E-state index contributed by atoms with van der Waals surface area (Å²) in [5.41, 5.74) is 5.21. The van der Waals surface area contributed by atoms with E-state index in [1.54, 1.807) is 0 Å². The Labute approximate surface area is 128 Å². The Kier molecular flexibility index (Phi) is 5.82. The fraction of sp³-hybridized carbons (Fsp3) is 0.368. The minimum atomic E-state index is 0.923. The molecule has 0 fully saturated rings. The molecule has 2 aromatic carbocycles. The van der Waals surface area contributed by atoms with E-state index in [0.29, 0.717) is 0 Å². The summed E-state index contributed by atoms with van der Waals surface area (Å²) < 4.78 is 0. The first-order valence-electron chi connectivity index (χ1n) is 7.89. The lowest BCUT2D eigenvalue weighted by Gasteiger charge is -2.26. The highest BCUT2D eigenvalue weighted by Gasteiger charge is 2.10. The van der Waals surface area contributed by atoms with Crippen molar-refractivity contribution in [3.8, 4) is 0 Å². The van der Waals surface area contributed by atoms with E-state index in [4.69, 9.17) is 0 Å². The molecule has 0 saturated carbocycles. The maximum atomic E-state index is 3.50. The summed E-state index contributed by atoms with van der Waals surface area (Å²) in [6.07, 6.45) is 1.16. The number of anilines is 2. The highest BCUT2D eigenvalue weighted by atomic mass is 15.1. The number of rotatable bonds is 7. The normalized spacial score (nSPS) is 10.6. The van der Waals surface area contributed by atoms with Crippen LogP contribution in [0.15, 0.2) is 48.5 Å². The van der Waals surface area contributed by atoms with Crippen LogP contribution in [-0.2, 0) is 6.54 Å². The molecule has 0 saturated heterocycles. The number of hydrogen-bond donors (Lipinski definition) is 1. The molecule has 0 bridgehead atoms. The summed E-state index contributed by atoms with van der Waals surface area (Å²) in [5.74, 6) is 0. The Morgan fingerprint density at radius 3 is 2.33 bits per heavy atom. The summed E-state index contributed by atoms with van der Waals surface area (Å²) >= 11 is 0. The van der Waals surface area contributed by atoms with Crippen LogP contribution in [0.2, 0.25) is 0 Å². The van der Waals surface area contributed by atoms with Gasteiger partial charge in [0.15, 0.2) is 0 Å². The topological polar surface area (TPSA) is 15.3 Å². The second kappa shape index (κ2) is 7.84. The van der Waals surface area contributed by atoms with Crippen LogP contribution in [0.4, 0.5) is 11.4 Å². The first-order valence-corrected chi connectivity index (χ1v) is 7.89. The van der Waals surface area contributed by atoms with Gasteiger partial charge in [-0.3, -0.25) is 0 Å². The van der Waals surface area contributed by atoms with Gasteiger partial charge in [-0.05, 0) is 50.6 Å². The van der Waals surface area contributed by atoms with Gasteiger partial charge in [0.05, 0.1) is 0 Å². The number of nitrogens with zero attached hydrogens (tertiary/aromatic N) is 1. The van der Waals surface area contributed by atoms with Gasteiger partial charge in [0, 0.05) is 24.5 Å². The van der Waals surface area contributed by atoms with Gasteiger partial charge in [0.2, 0.25) is 0 Å². The molecule has 2 aromatic rings. The molecule has 0 aliphatic heterocycles. The van der Waals surface area contributed by atoms with Crippen molar-refractivity contribution >= 4 is 11.4 Å². The maximum absolute atomic E-state index is 3.50. The van der Waals surface area contributed by atoms with Crippen molar-refractivity contribution in [1.82, 2.24) is 5.32 Å². The predicted molar refractivity (Wildman–Crippen MR) is 92.3 cm³/mol. The fourth-order valence-electron chi connectivity index (χ4n) is 2.54. The molecule has 0 unspecified atom stereocenters. The maximum Gasteiger partial charge on any atom is 0.0456 e. The Bertz CT molecular complexity index is 546. The number of aryl methyl sites for hydroxylation is 1. The molecular weight excluding hydrogens is 256 g/mol. The lowest BCUT2D eigenvalue weighted by molar-refractivity contribution is 0.675. The molecule has 1 N–H and O–H groups in total. The minimum absolute atomic E-state index is 0.923. The zero-order valence-corrected chi connectivity index (χ0v) is 13.4. The van der Waals surface area contributed by atoms with Crippen LogP contribution in [0.3, 0.4) is 0 Å². The Balaban J connectivity index is 2.27. The lowest BCUT2D eigenvalue weighted by atomic mass is 10.1. The number of benzene rings is 2. The van der Waals surface area contributed by atoms with Crippen LogP contribution in [0.5, 0.6) is 0 Å². The van der Waals surface area contributed by atoms with E-state index in [2.05, 4.69) is 79.5 Å². The molecular formula is C19H26N2. The van der Waals surface area contributed by atoms with Gasteiger partial charge in [-0.25, -0.2) is 0 Å². The van der Waals surface area contributed by atoms with Crippen molar-refractivity contribution in [3.05, 3.63) is 59.7 Å². The predicted octanol–water partition coefficient (Wildman–Crippen LogP) is 4.65. The summed E-state index contributed by atoms with van der Waals surface area (Å²) in [7, 11) is 0. The molecule has 2 nitrogen and oxygen atoms in total. The van der Waals surface area contributed by atoms with Crippen LogP contribution in [0.1, 0.15) is 31.4 Å². The third-order valence-electron chi connectivity index (χ3n) is 3.69. The lowest BCUT2D eigenvalue weighted by Crippen LogP contribution is -2.20. The van der Waals surface area contributed by atoms with Crippen molar-refractivity contribution in [2.45, 2.75) is 33.7 Å². The molecule has 0 spiro atoms. The summed E-state index contributed by atoms with van der Waals surface area (Å²) in [6, 6.07) is 17.4. The summed E-state index contributed by atoms with van der Waals surface area (Å²) in [6.45, 7) is 9.48. The summed E-state index contributed by atoms with van der Waals surface area (Å²) in [5, 5.41) is 3.50. The SMILES string of the molecule is CCCNCc1ccccc1N(CC)c1ccc(C)cc1. The number of nitrogens with one attached hydrogen (secondary N) is 1. The second-order valence-electron chi connectivity index (χ2n) is 5.39. The van der Waals surface area contributed by atoms with Gasteiger partial charge in [-0.2, -0.15) is 0 Å². The highest BCUT2D eigenvalue weighted by Crippen LogP contribution is 2.28. The van der Waals surface area contributed by atoms with E-state index in [1.807, 2.05) is 0 Å². The first-order chi connectivity index (χ1) is 10.3. The van der Waals surface area contributed by atoms with Crippen molar-refractivity contribution in [1.29, 1.82) is 0 Å². The van der Waals surface area contributed by atoms with Gasteiger partial charge in [0.1, 0.15) is 0 Å². The quantitative estimate of drug-likeness (QED) is 0.743. The molecule has 2 rings (SSSR count). The van der Waals surface area contributed by atoms with E-state index in [9.17, 15) is 0 Å². The largest absolute Gasteiger partial charge is 0.342 e. The Morgan fingerprint density at radius 1 is 0.952 bits per heavy atom. The van der Waals surface area contributed by atoms with E-state index in [0.717, 1.165) is 26.1 Å². The average molecular weight is 282 g/mol. The molecule has 0 radical (unpaired) electrons. The number of hydrogen-bond acceptors (Lipinski definition) is 2. The zero-order chi connectivity index (χ0) is 15.1. The van der Waals surface area contributed by atoms with Gasteiger partial charge < -0.3 is 10.2 Å². The van der Waals surface area contributed by atoms with Crippen LogP contribution in [-0.4, -0.2) is 13.1 Å². The molecule has 0 aromatic heterocycles. The van der Waals surface area contributed by atoms with Crippen LogP contribution >= 0.6 is 0 Å². The zero-order valence-electron chi connectivity index (χ0n) is 13.4. The fourth-order valence-corrected chi connectivity index (χ4v) is 2.54. The van der Waals surface area contributed by atoms with Crippen molar-refractivity contribution < 1.29 is 0 Å². The molecule has 2 heteroatoms. The van der Waals surface area contributed by atoms with Crippen molar-refractivity contribution in [2.75, 3.05) is 18.0 Å². The monoisotopic (exact) mass is 282 g/mol. The third-order valence-corrected chi connectivity index (χ3v) is 3.69. The van der Waals surface area contributed by atoms with Crippen LogP contribution in [0.25, 0.3) is 0 Å². The van der Waals surface area contributed by atoms with Crippen molar-refractivity contribution in [2.24, 2.45) is 0 Å². The van der Waals surface area contributed by atoms with Crippen molar-refractivity contribution in [3.63, 3.8) is 0 Å².